The van der Waals surface area contributed by atoms with E-state index < -0.39 is 0 Å². The average Bonchev–Trinajstić information content (AvgIpc) is 3.00. The predicted octanol–water partition coefficient (Wildman–Crippen LogP) is 3.92. The van der Waals surface area contributed by atoms with Crippen molar-refractivity contribution < 1.29 is 9.53 Å². The third-order valence-electron chi connectivity index (χ3n) is 3.41. The van der Waals surface area contributed by atoms with Crippen LogP contribution in [-0.2, 0) is 11.2 Å². The lowest BCUT2D eigenvalue weighted by Gasteiger charge is -2.07. The minimum Gasteiger partial charge on any atom is -0.494 e. The number of carbonyl (C=O) groups excluding carboxylic acids is 1. The van der Waals surface area contributed by atoms with Crippen molar-refractivity contribution in [1.29, 1.82) is 0 Å². The molecule has 0 aliphatic carbocycles. The first-order valence-electron chi connectivity index (χ1n) is 8.00. The van der Waals surface area contributed by atoms with Crippen LogP contribution in [0.4, 0.5) is 5.13 Å². The number of amides is 1. The van der Waals surface area contributed by atoms with Crippen molar-refractivity contribution in [3.63, 3.8) is 0 Å². The van der Waals surface area contributed by atoms with Gasteiger partial charge in [-0.15, -0.1) is 10.2 Å². The highest BCUT2D eigenvalue weighted by Gasteiger charge is 2.14. The first-order chi connectivity index (χ1) is 11.2. The van der Waals surface area contributed by atoms with Crippen LogP contribution in [0, 0.1) is 5.92 Å². The third-order valence-corrected chi connectivity index (χ3v) is 4.31. The first kappa shape index (κ1) is 17.4. The van der Waals surface area contributed by atoms with Gasteiger partial charge < -0.3 is 10.1 Å². The zero-order valence-electron chi connectivity index (χ0n) is 13.6. The van der Waals surface area contributed by atoms with Gasteiger partial charge in [0, 0.05) is 12.3 Å². The second kappa shape index (κ2) is 9.25. The molecule has 0 spiro atoms. The van der Waals surface area contributed by atoms with Crippen molar-refractivity contribution in [2.24, 2.45) is 5.92 Å². The summed E-state index contributed by atoms with van der Waals surface area (Å²) >= 11 is 1.43. The molecule has 0 fully saturated rings. The topological polar surface area (TPSA) is 64.1 Å². The largest absolute Gasteiger partial charge is 0.494 e. The molecule has 6 heteroatoms. The number of nitrogens with one attached hydrogen (secondary N) is 1. The van der Waals surface area contributed by atoms with E-state index in [1.165, 1.54) is 11.3 Å². The fourth-order valence-electron chi connectivity index (χ4n) is 2.13. The van der Waals surface area contributed by atoms with Gasteiger partial charge in [-0.2, -0.15) is 0 Å². The number of hydrogen-bond donors (Lipinski definition) is 1. The molecule has 0 aliphatic heterocycles. The number of nitrogens with zero attached hydrogens (tertiary/aromatic N) is 2. The number of aryl methyl sites for hydroxylation is 1. The maximum Gasteiger partial charge on any atom is 0.229 e. The number of rotatable bonds is 9. The van der Waals surface area contributed by atoms with Crippen molar-refractivity contribution in [3.8, 4) is 5.75 Å². The van der Waals surface area contributed by atoms with E-state index in [4.69, 9.17) is 4.74 Å². The van der Waals surface area contributed by atoms with E-state index in [2.05, 4.69) is 22.4 Å². The van der Waals surface area contributed by atoms with Crippen LogP contribution < -0.4 is 10.1 Å². The Bertz CT molecular complexity index is 601. The summed E-state index contributed by atoms with van der Waals surface area (Å²) < 4.78 is 5.64. The monoisotopic (exact) mass is 333 g/mol. The fourth-order valence-corrected chi connectivity index (χ4v) is 2.91. The van der Waals surface area contributed by atoms with Crippen LogP contribution in [-0.4, -0.2) is 22.7 Å². The molecule has 1 unspecified atom stereocenters. The van der Waals surface area contributed by atoms with Gasteiger partial charge in [-0.05, 0) is 25.0 Å². The minimum absolute atomic E-state index is 0.00613. The van der Waals surface area contributed by atoms with Gasteiger partial charge in [0.25, 0.3) is 0 Å². The fraction of sp³-hybridized carbons (Fsp3) is 0.471. The molecule has 1 N–H and O–H groups in total. The normalized spacial score (nSPS) is 11.9. The van der Waals surface area contributed by atoms with Crippen LogP contribution in [0.25, 0.3) is 0 Å². The standard InChI is InChI=1S/C17H23N3O2S/c1-3-8-13(2)16(21)18-17-20-19-15(23-17)11-7-12-22-14-9-5-4-6-10-14/h4-6,9-10,13H,3,7-8,11-12H2,1-2H3,(H,18,20,21). The first-order valence-corrected chi connectivity index (χ1v) is 8.81. The van der Waals surface area contributed by atoms with E-state index in [0.29, 0.717) is 11.7 Å². The maximum absolute atomic E-state index is 11.9. The van der Waals surface area contributed by atoms with E-state index in [0.717, 1.165) is 36.4 Å². The number of aromatic nitrogens is 2. The molecule has 23 heavy (non-hydrogen) atoms. The van der Waals surface area contributed by atoms with Gasteiger partial charge in [-0.3, -0.25) is 4.79 Å². The van der Waals surface area contributed by atoms with E-state index >= 15 is 0 Å². The van der Waals surface area contributed by atoms with Crippen molar-refractivity contribution in [1.82, 2.24) is 10.2 Å². The molecule has 1 heterocycles. The molecule has 0 saturated carbocycles. The van der Waals surface area contributed by atoms with Gasteiger partial charge in [0.15, 0.2) is 0 Å². The maximum atomic E-state index is 11.9. The number of anilines is 1. The van der Waals surface area contributed by atoms with Crippen molar-refractivity contribution in [3.05, 3.63) is 35.3 Å². The predicted molar refractivity (Wildman–Crippen MR) is 92.9 cm³/mol. The van der Waals surface area contributed by atoms with Crippen LogP contribution in [0.15, 0.2) is 30.3 Å². The third kappa shape index (κ3) is 5.98. The Balaban J connectivity index is 1.71. The summed E-state index contributed by atoms with van der Waals surface area (Å²) in [6.45, 7) is 4.64. The highest BCUT2D eigenvalue weighted by Crippen LogP contribution is 2.18. The Morgan fingerprint density at radius 3 is 2.83 bits per heavy atom. The van der Waals surface area contributed by atoms with Crippen LogP contribution in [0.2, 0.25) is 0 Å². The molecule has 124 valence electrons. The molecular weight excluding hydrogens is 310 g/mol. The number of hydrogen-bond acceptors (Lipinski definition) is 5. The summed E-state index contributed by atoms with van der Waals surface area (Å²) in [6, 6.07) is 9.75. The van der Waals surface area contributed by atoms with Gasteiger partial charge in [-0.1, -0.05) is 49.8 Å². The second-order valence-corrected chi connectivity index (χ2v) is 6.51. The van der Waals surface area contributed by atoms with E-state index in [9.17, 15) is 4.79 Å². The molecule has 0 aliphatic rings. The molecule has 2 rings (SSSR count). The Kier molecular flexibility index (Phi) is 7.00. The molecule has 5 nitrogen and oxygen atoms in total. The van der Waals surface area contributed by atoms with Crippen LogP contribution in [0.5, 0.6) is 5.75 Å². The zero-order chi connectivity index (χ0) is 16.5. The van der Waals surface area contributed by atoms with Crippen LogP contribution >= 0.6 is 11.3 Å². The zero-order valence-corrected chi connectivity index (χ0v) is 14.4. The molecule has 1 aromatic heterocycles. The Morgan fingerprint density at radius 2 is 2.09 bits per heavy atom. The van der Waals surface area contributed by atoms with Gasteiger partial charge in [0.05, 0.1) is 6.61 Å². The number of benzene rings is 1. The van der Waals surface area contributed by atoms with Crippen LogP contribution in [0.3, 0.4) is 0 Å². The highest BCUT2D eigenvalue weighted by molar-refractivity contribution is 7.15. The highest BCUT2D eigenvalue weighted by atomic mass is 32.1. The molecule has 1 amide bonds. The Morgan fingerprint density at radius 1 is 1.30 bits per heavy atom. The van der Waals surface area contributed by atoms with E-state index in [1.54, 1.807) is 0 Å². The molecule has 2 aromatic rings. The molecule has 0 saturated heterocycles. The van der Waals surface area contributed by atoms with Gasteiger partial charge in [-0.25, -0.2) is 0 Å². The Labute approximate surface area is 141 Å². The second-order valence-electron chi connectivity index (χ2n) is 5.44. The summed E-state index contributed by atoms with van der Waals surface area (Å²) in [7, 11) is 0. The van der Waals surface area contributed by atoms with Crippen LogP contribution in [0.1, 0.15) is 38.1 Å². The summed E-state index contributed by atoms with van der Waals surface area (Å²) in [5.74, 6) is 0.899. The van der Waals surface area contributed by atoms with Crippen molar-refractivity contribution >= 4 is 22.4 Å². The summed E-state index contributed by atoms with van der Waals surface area (Å²) in [6.07, 6.45) is 3.54. The molecular formula is C17H23N3O2S. The SMILES string of the molecule is CCCC(C)C(=O)Nc1nnc(CCCOc2ccccc2)s1. The number of ether oxygens (including phenoxy) is 1. The van der Waals surface area contributed by atoms with Crippen molar-refractivity contribution in [2.45, 2.75) is 39.5 Å². The Hall–Kier alpha value is -1.95. The molecule has 0 radical (unpaired) electrons. The average molecular weight is 333 g/mol. The number of carbonyl (C=O) groups is 1. The van der Waals surface area contributed by atoms with E-state index in [-0.39, 0.29) is 11.8 Å². The van der Waals surface area contributed by atoms with E-state index in [1.807, 2.05) is 37.3 Å². The van der Waals surface area contributed by atoms with Crippen molar-refractivity contribution in [2.75, 3.05) is 11.9 Å². The molecule has 0 bridgehead atoms. The van der Waals surface area contributed by atoms with Gasteiger partial charge >= 0.3 is 0 Å². The lowest BCUT2D eigenvalue weighted by molar-refractivity contribution is -0.119. The lowest BCUT2D eigenvalue weighted by atomic mass is 10.1. The summed E-state index contributed by atoms with van der Waals surface area (Å²) in [5.41, 5.74) is 0. The summed E-state index contributed by atoms with van der Waals surface area (Å²) in [5, 5.41) is 12.5. The van der Waals surface area contributed by atoms with Gasteiger partial charge in [0.1, 0.15) is 10.8 Å². The molecule has 1 aromatic carbocycles. The summed E-state index contributed by atoms with van der Waals surface area (Å²) in [4.78, 5) is 11.9. The number of para-hydroxylation sites is 1. The smallest absolute Gasteiger partial charge is 0.229 e. The quantitative estimate of drug-likeness (QED) is 0.706. The minimum atomic E-state index is 0.00613. The van der Waals surface area contributed by atoms with Gasteiger partial charge in [0.2, 0.25) is 11.0 Å². The molecule has 1 atom stereocenters. The lowest BCUT2D eigenvalue weighted by Crippen LogP contribution is -2.20.